The minimum atomic E-state index is 0.0389. The van der Waals surface area contributed by atoms with Crippen LogP contribution in [0.4, 0.5) is 0 Å². The fourth-order valence-corrected chi connectivity index (χ4v) is 1.98. The molecule has 1 aromatic rings. The lowest BCUT2D eigenvalue weighted by Crippen LogP contribution is -2.10. The topological polar surface area (TPSA) is 35.2 Å². The van der Waals surface area contributed by atoms with Crippen LogP contribution >= 0.6 is 15.9 Å². The molecule has 0 fully saturated rings. The summed E-state index contributed by atoms with van der Waals surface area (Å²) in [5.41, 5.74) is 6.92. The van der Waals surface area contributed by atoms with Crippen LogP contribution in [0.25, 0.3) is 0 Å². The van der Waals surface area contributed by atoms with Gasteiger partial charge < -0.3 is 10.5 Å². The second kappa shape index (κ2) is 5.52. The Labute approximate surface area is 99.9 Å². The van der Waals surface area contributed by atoms with E-state index in [-0.39, 0.29) is 12.1 Å². The fourth-order valence-electron chi connectivity index (χ4n) is 1.27. The fraction of sp³-hybridized carbons (Fsp3) is 0.500. The van der Waals surface area contributed by atoms with Crippen LogP contribution in [0.3, 0.4) is 0 Å². The first kappa shape index (κ1) is 12.5. The van der Waals surface area contributed by atoms with Crippen LogP contribution in [0.5, 0.6) is 5.75 Å². The van der Waals surface area contributed by atoms with Gasteiger partial charge in [0, 0.05) is 10.5 Å². The Morgan fingerprint density at radius 1 is 1.40 bits per heavy atom. The molecule has 1 aromatic carbocycles. The van der Waals surface area contributed by atoms with Crippen LogP contribution < -0.4 is 10.5 Å². The summed E-state index contributed by atoms with van der Waals surface area (Å²) in [6.45, 7) is 6.14. The third kappa shape index (κ3) is 3.50. The third-order valence-corrected chi connectivity index (χ3v) is 3.06. The number of nitrogens with two attached hydrogens (primary N) is 1. The predicted octanol–water partition coefficient (Wildman–Crippen LogP) is 3.65. The SMILES string of the molecule is CCC(C)Oc1ccc([C@@H](C)N)c(Br)c1. The van der Waals surface area contributed by atoms with Gasteiger partial charge in [-0.25, -0.2) is 0 Å². The van der Waals surface area contributed by atoms with E-state index in [1.807, 2.05) is 25.1 Å². The van der Waals surface area contributed by atoms with Gasteiger partial charge in [-0.1, -0.05) is 28.9 Å². The zero-order valence-corrected chi connectivity index (χ0v) is 11.0. The normalized spacial score (nSPS) is 14.7. The molecule has 0 aliphatic carbocycles. The number of halogens is 1. The first-order chi connectivity index (χ1) is 7.04. The number of benzene rings is 1. The summed E-state index contributed by atoms with van der Waals surface area (Å²) in [5, 5.41) is 0. The third-order valence-electron chi connectivity index (χ3n) is 2.37. The van der Waals surface area contributed by atoms with Gasteiger partial charge in [-0.2, -0.15) is 0 Å². The molecule has 0 heterocycles. The minimum Gasteiger partial charge on any atom is -0.491 e. The molecule has 84 valence electrons. The van der Waals surface area contributed by atoms with Crippen molar-refractivity contribution in [3.63, 3.8) is 0 Å². The summed E-state index contributed by atoms with van der Waals surface area (Å²) in [4.78, 5) is 0. The number of rotatable bonds is 4. The Bertz CT molecular complexity index is 325. The van der Waals surface area contributed by atoms with E-state index in [1.165, 1.54) is 0 Å². The maximum atomic E-state index is 5.82. The molecular formula is C12H18BrNO. The first-order valence-electron chi connectivity index (χ1n) is 5.26. The second-order valence-corrected chi connectivity index (χ2v) is 4.66. The van der Waals surface area contributed by atoms with E-state index in [0.717, 1.165) is 22.2 Å². The van der Waals surface area contributed by atoms with E-state index in [9.17, 15) is 0 Å². The van der Waals surface area contributed by atoms with E-state index < -0.39 is 0 Å². The van der Waals surface area contributed by atoms with Gasteiger partial charge in [0.2, 0.25) is 0 Å². The van der Waals surface area contributed by atoms with Gasteiger partial charge in [0.1, 0.15) is 5.75 Å². The molecule has 15 heavy (non-hydrogen) atoms. The lowest BCUT2D eigenvalue weighted by Gasteiger charge is -2.15. The molecule has 0 amide bonds. The van der Waals surface area contributed by atoms with E-state index in [2.05, 4.69) is 29.8 Å². The molecule has 0 spiro atoms. The van der Waals surface area contributed by atoms with Gasteiger partial charge >= 0.3 is 0 Å². The maximum Gasteiger partial charge on any atom is 0.120 e. The highest BCUT2D eigenvalue weighted by Gasteiger charge is 2.07. The molecule has 0 bridgehead atoms. The standard InChI is InChI=1S/C12H18BrNO/c1-4-8(2)15-10-5-6-11(9(3)14)12(13)7-10/h5-9H,4,14H2,1-3H3/t8?,9-/m1/s1. The van der Waals surface area contributed by atoms with Crippen LogP contribution in [0, 0.1) is 0 Å². The Morgan fingerprint density at radius 3 is 2.53 bits per heavy atom. The van der Waals surface area contributed by atoms with Crippen LogP contribution in [0.15, 0.2) is 22.7 Å². The summed E-state index contributed by atoms with van der Waals surface area (Å²) in [6.07, 6.45) is 1.25. The Kier molecular flexibility index (Phi) is 4.61. The molecule has 0 saturated heterocycles. The summed E-state index contributed by atoms with van der Waals surface area (Å²) in [6, 6.07) is 5.99. The lowest BCUT2D eigenvalue weighted by molar-refractivity contribution is 0.217. The van der Waals surface area contributed by atoms with Gasteiger partial charge in [-0.15, -0.1) is 0 Å². The van der Waals surface area contributed by atoms with Crippen molar-refractivity contribution in [1.82, 2.24) is 0 Å². The van der Waals surface area contributed by atoms with Gasteiger partial charge in [0.25, 0.3) is 0 Å². The van der Waals surface area contributed by atoms with E-state index in [4.69, 9.17) is 10.5 Å². The molecule has 1 unspecified atom stereocenters. The molecule has 0 aliphatic heterocycles. The summed E-state index contributed by atoms with van der Waals surface area (Å²) < 4.78 is 6.72. The van der Waals surface area contributed by atoms with Crippen molar-refractivity contribution in [1.29, 1.82) is 0 Å². The van der Waals surface area contributed by atoms with Gasteiger partial charge in [-0.3, -0.25) is 0 Å². The molecule has 0 radical (unpaired) electrons. The minimum absolute atomic E-state index is 0.0389. The number of hydrogen-bond donors (Lipinski definition) is 1. The van der Waals surface area contributed by atoms with Crippen LogP contribution in [-0.2, 0) is 0 Å². The molecule has 1 rings (SSSR count). The van der Waals surface area contributed by atoms with Crippen LogP contribution in [0.1, 0.15) is 38.8 Å². The van der Waals surface area contributed by atoms with Crippen molar-refractivity contribution < 1.29 is 4.74 Å². The zero-order chi connectivity index (χ0) is 11.4. The monoisotopic (exact) mass is 271 g/mol. The van der Waals surface area contributed by atoms with Crippen molar-refractivity contribution in [2.24, 2.45) is 5.73 Å². The molecule has 0 saturated carbocycles. The highest BCUT2D eigenvalue weighted by Crippen LogP contribution is 2.27. The Morgan fingerprint density at radius 2 is 2.07 bits per heavy atom. The highest BCUT2D eigenvalue weighted by molar-refractivity contribution is 9.10. The second-order valence-electron chi connectivity index (χ2n) is 3.81. The largest absolute Gasteiger partial charge is 0.491 e. The predicted molar refractivity (Wildman–Crippen MR) is 67.1 cm³/mol. The van der Waals surface area contributed by atoms with Crippen molar-refractivity contribution >= 4 is 15.9 Å². The Balaban J connectivity index is 2.82. The quantitative estimate of drug-likeness (QED) is 0.908. The molecule has 3 heteroatoms. The summed E-state index contributed by atoms with van der Waals surface area (Å²) in [5.74, 6) is 0.889. The van der Waals surface area contributed by atoms with Crippen LogP contribution in [0.2, 0.25) is 0 Å². The zero-order valence-electron chi connectivity index (χ0n) is 9.46. The van der Waals surface area contributed by atoms with Crippen molar-refractivity contribution in [2.75, 3.05) is 0 Å². The average molecular weight is 272 g/mol. The summed E-state index contributed by atoms with van der Waals surface area (Å²) >= 11 is 3.50. The van der Waals surface area contributed by atoms with Crippen molar-refractivity contribution in [3.8, 4) is 5.75 Å². The van der Waals surface area contributed by atoms with E-state index in [0.29, 0.717) is 0 Å². The molecule has 2 nitrogen and oxygen atoms in total. The lowest BCUT2D eigenvalue weighted by atomic mass is 10.1. The molecule has 2 atom stereocenters. The van der Waals surface area contributed by atoms with Gasteiger partial charge in [0.15, 0.2) is 0 Å². The molecule has 0 aromatic heterocycles. The van der Waals surface area contributed by atoms with Crippen molar-refractivity contribution in [2.45, 2.75) is 39.3 Å². The highest BCUT2D eigenvalue weighted by atomic mass is 79.9. The van der Waals surface area contributed by atoms with E-state index in [1.54, 1.807) is 0 Å². The van der Waals surface area contributed by atoms with Crippen molar-refractivity contribution in [3.05, 3.63) is 28.2 Å². The van der Waals surface area contributed by atoms with Gasteiger partial charge in [-0.05, 0) is 38.0 Å². The average Bonchev–Trinajstić information content (AvgIpc) is 2.17. The van der Waals surface area contributed by atoms with Crippen LogP contribution in [-0.4, -0.2) is 6.10 Å². The van der Waals surface area contributed by atoms with Gasteiger partial charge in [0.05, 0.1) is 6.10 Å². The van der Waals surface area contributed by atoms with E-state index >= 15 is 0 Å². The maximum absolute atomic E-state index is 5.82. The number of hydrogen-bond acceptors (Lipinski definition) is 2. The Hall–Kier alpha value is -0.540. The summed E-state index contributed by atoms with van der Waals surface area (Å²) in [7, 11) is 0. The number of ether oxygens (including phenoxy) is 1. The smallest absolute Gasteiger partial charge is 0.120 e. The molecule has 0 aliphatic rings. The molecular weight excluding hydrogens is 254 g/mol. The first-order valence-corrected chi connectivity index (χ1v) is 6.05. The molecule has 2 N–H and O–H groups in total.